The van der Waals surface area contributed by atoms with Gasteiger partial charge < -0.3 is 10.6 Å². The molecule has 1 saturated heterocycles. The molecule has 0 bridgehead atoms. The minimum absolute atomic E-state index is 0.773. The molecule has 2 heteroatoms. The molecule has 0 aliphatic carbocycles. The number of benzene rings is 1. The van der Waals surface area contributed by atoms with Gasteiger partial charge in [-0.2, -0.15) is 0 Å². The minimum atomic E-state index is 0.773. The van der Waals surface area contributed by atoms with Gasteiger partial charge in [-0.15, -0.1) is 0 Å². The quantitative estimate of drug-likeness (QED) is 0.810. The number of unbranched alkanes of at least 4 members (excludes halogenated alkanes) is 1. The van der Waals surface area contributed by atoms with E-state index >= 15 is 0 Å². The summed E-state index contributed by atoms with van der Waals surface area (Å²) in [4.78, 5) is 2.44. The number of nitrogens with two attached hydrogens (primary N) is 1. The summed E-state index contributed by atoms with van der Waals surface area (Å²) in [6.07, 6.45) is 6.18. The molecule has 0 amide bonds. The first-order valence-corrected chi connectivity index (χ1v) is 7.27. The highest BCUT2D eigenvalue weighted by atomic mass is 15.1. The number of piperidine rings is 1. The van der Waals surface area contributed by atoms with Gasteiger partial charge in [-0.1, -0.05) is 24.3 Å². The molecule has 1 aliphatic rings. The fourth-order valence-electron chi connectivity index (χ4n) is 2.94. The second kappa shape index (κ2) is 6.91. The van der Waals surface area contributed by atoms with Crippen molar-refractivity contribution in [1.29, 1.82) is 0 Å². The Hall–Kier alpha value is -0.860. The maximum Gasteiger partial charge on any atom is -0.00159 e. The summed E-state index contributed by atoms with van der Waals surface area (Å²) in [6, 6.07) is 9.02. The first-order valence-electron chi connectivity index (χ1n) is 7.27. The van der Waals surface area contributed by atoms with Gasteiger partial charge in [-0.25, -0.2) is 0 Å². The smallest absolute Gasteiger partial charge is 0.00159 e. The van der Waals surface area contributed by atoms with Crippen LogP contribution in [0.1, 0.15) is 42.7 Å². The lowest BCUT2D eigenvalue weighted by Gasteiger charge is -2.30. The average Bonchev–Trinajstić information content (AvgIpc) is 2.41. The Kier molecular flexibility index (Phi) is 5.21. The lowest BCUT2D eigenvalue weighted by Crippen LogP contribution is -2.29. The average molecular weight is 246 g/mol. The van der Waals surface area contributed by atoms with Crippen LogP contribution in [-0.2, 0) is 6.42 Å². The van der Waals surface area contributed by atoms with Crippen LogP contribution in [0.4, 0.5) is 0 Å². The van der Waals surface area contributed by atoms with Crippen LogP contribution in [0.15, 0.2) is 24.3 Å². The molecule has 18 heavy (non-hydrogen) atoms. The first kappa shape index (κ1) is 13.6. The molecule has 1 aromatic rings. The second-order valence-corrected chi connectivity index (χ2v) is 5.52. The molecule has 0 unspecified atom stereocenters. The highest BCUT2D eigenvalue weighted by Gasteiger charge is 2.20. The molecule has 0 radical (unpaired) electrons. The van der Waals surface area contributed by atoms with Crippen LogP contribution in [0, 0.1) is 0 Å². The Balaban J connectivity index is 2.02. The summed E-state index contributed by atoms with van der Waals surface area (Å²) >= 11 is 0. The molecule has 2 rings (SSSR count). The van der Waals surface area contributed by atoms with Gasteiger partial charge in [0.1, 0.15) is 0 Å². The van der Waals surface area contributed by atoms with Gasteiger partial charge in [-0.05, 0) is 75.8 Å². The summed E-state index contributed by atoms with van der Waals surface area (Å²) < 4.78 is 0. The Labute approximate surface area is 111 Å². The van der Waals surface area contributed by atoms with Gasteiger partial charge in [0.2, 0.25) is 0 Å². The van der Waals surface area contributed by atoms with E-state index in [1.54, 1.807) is 11.1 Å². The van der Waals surface area contributed by atoms with Crippen LogP contribution in [0.2, 0.25) is 0 Å². The number of nitrogens with zero attached hydrogens (tertiary/aromatic N) is 1. The second-order valence-electron chi connectivity index (χ2n) is 5.52. The predicted octanol–water partition coefficient (Wildman–Crippen LogP) is 2.78. The molecule has 0 spiro atoms. The van der Waals surface area contributed by atoms with Crippen LogP contribution in [0.3, 0.4) is 0 Å². The number of hydrogen-bond acceptors (Lipinski definition) is 2. The Morgan fingerprint density at radius 1 is 1.17 bits per heavy atom. The van der Waals surface area contributed by atoms with Crippen molar-refractivity contribution in [3.8, 4) is 0 Å². The fourth-order valence-corrected chi connectivity index (χ4v) is 2.94. The maximum atomic E-state index is 5.58. The first-order chi connectivity index (χ1) is 8.81. The van der Waals surface area contributed by atoms with Gasteiger partial charge in [0, 0.05) is 0 Å². The van der Waals surface area contributed by atoms with E-state index in [4.69, 9.17) is 5.73 Å². The molecule has 2 N–H and O–H groups in total. The van der Waals surface area contributed by atoms with Crippen LogP contribution < -0.4 is 5.73 Å². The van der Waals surface area contributed by atoms with E-state index in [9.17, 15) is 0 Å². The van der Waals surface area contributed by atoms with Gasteiger partial charge in [-0.3, -0.25) is 0 Å². The van der Waals surface area contributed by atoms with Gasteiger partial charge in [0.15, 0.2) is 0 Å². The van der Waals surface area contributed by atoms with E-state index in [0.29, 0.717) is 0 Å². The van der Waals surface area contributed by atoms with E-state index in [1.807, 2.05) is 0 Å². The van der Waals surface area contributed by atoms with Gasteiger partial charge in [0.25, 0.3) is 0 Å². The summed E-state index contributed by atoms with van der Waals surface area (Å²) in [6.45, 7) is 3.29. The SMILES string of the molecule is CN1CCC(c2ccccc2CCCCN)CC1. The van der Waals surface area contributed by atoms with E-state index < -0.39 is 0 Å². The summed E-state index contributed by atoms with van der Waals surface area (Å²) in [5.41, 5.74) is 8.74. The molecule has 1 aliphatic heterocycles. The Bertz CT molecular complexity index is 354. The monoisotopic (exact) mass is 246 g/mol. The number of hydrogen-bond donors (Lipinski definition) is 1. The standard InChI is InChI=1S/C16H26N2/c1-18-12-9-15(10-13-18)16-8-3-2-6-14(16)7-4-5-11-17/h2-3,6,8,15H,4-5,7,9-13,17H2,1H3. The van der Waals surface area contributed by atoms with E-state index in [-0.39, 0.29) is 0 Å². The van der Waals surface area contributed by atoms with E-state index in [1.165, 1.54) is 38.8 Å². The molecule has 0 saturated carbocycles. The molecular weight excluding hydrogens is 220 g/mol. The van der Waals surface area contributed by atoms with Gasteiger partial charge >= 0.3 is 0 Å². The summed E-state index contributed by atoms with van der Waals surface area (Å²) in [5, 5.41) is 0. The maximum absolute atomic E-state index is 5.58. The zero-order valence-corrected chi connectivity index (χ0v) is 11.6. The topological polar surface area (TPSA) is 29.3 Å². The third-order valence-electron chi connectivity index (χ3n) is 4.11. The lowest BCUT2D eigenvalue weighted by molar-refractivity contribution is 0.255. The van der Waals surface area contributed by atoms with Crippen molar-refractivity contribution in [3.05, 3.63) is 35.4 Å². The molecular formula is C16H26N2. The van der Waals surface area contributed by atoms with Crippen molar-refractivity contribution in [2.75, 3.05) is 26.7 Å². The Morgan fingerprint density at radius 3 is 2.61 bits per heavy atom. The van der Waals surface area contributed by atoms with Crippen molar-refractivity contribution < 1.29 is 0 Å². The zero-order valence-electron chi connectivity index (χ0n) is 11.6. The van der Waals surface area contributed by atoms with Crippen molar-refractivity contribution in [2.45, 2.75) is 38.0 Å². The molecule has 1 heterocycles. The molecule has 2 nitrogen and oxygen atoms in total. The molecule has 0 atom stereocenters. The molecule has 1 aromatic carbocycles. The normalized spacial score (nSPS) is 18.1. The molecule has 0 aromatic heterocycles. The van der Waals surface area contributed by atoms with Crippen molar-refractivity contribution in [2.24, 2.45) is 5.73 Å². The lowest BCUT2D eigenvalue weighted by atomic mass is 9.85. The number of rotatable bonds is 5. The van der Waals surface area contributed by atoms with E-state index in [2.05, 4.69) is 36.2 Å². The summed E-state index contributed by atoms with van der Waals surface area (Å²) in [7, 11) is 2.23. The number of aryl methyl sites for hydroxylation is 1. The highest BCUT2D eigenvalue weighted by Crippen LogP contribution is 2.30. The van der Waals surface area contributed by atoms with Crippen molar-refractivity contribution in [3.63, 3.8) is 0 Å². The van der Waals surface area contributed by atoms with Crippen LogP contribution in [0.25, 0.3) is 0 Å². The predicted molar refractivity (Wildman–Crippen MR) is 77.9 cm³/mol. The third-order valence-corrected chi connectivity index (χ3v) is 4.11. The van der Waals surface area contributed by atoms with Gasteiger partial charge in [0.05, 0.1) is 0 Å². The zero-order chi connectivity index (χ0) is 12.8. The Morgan fingerprint density at radius 2 is 1.89 bits per heavy atom. The molecule has 1 fully saturated rings. The fraction of sp³-hybridized carbons (Fsp3) is 0.625. The van der Waals surface area contributed by atoms with Crippen molar-refractivity contribution >= 4 is 0 Å². The van der Waals surface area contributed by atoms with Crippen LogP contribution in [-0.4, -0.2) is 31.6 Å². The highest BCUT2D eigenvalue weighted by molar-refractivity contribution is 5.31. The summed E-state index contributed by atoms with van der Waals surface area (Å²) in [5.74, 6) is 0.773. The van der Waals surface area contributed by atoms with Crippen molar-refractivity contribution in [1.82, 2.24) is 4.90 Å². The molecule has 100 valence electrons. The van der Waals surface area contributed by atoms with Crippen LogP contribution >= 0.6 is 0 Å². The minimum Gasteiger partial charge on any atom is -0.330 e. The largest absolute Gasteiger partial charge is 0.330 e. The number of likely N-dealkylation sites (tertiary alicyclic amines) is 1. The van der Waals surface area contributed by atoms with E-state index in [0.717, 1.165) is 18.9 Å². The van der Waals surface area contributed by atoms with Crippen LogP contribution in [0.5, 0.6) is 0 Å². The third kappa shape index (κ3) is 3.56.